The van der Waals surface area contributed by atoms with Gasteiger partial charge in [-0.15, -0.1) is 0 Å². The van der Waals surface area contributed by atoms with Gasteiger partial charge in [-0.1, -0.05) is 0 Å². The molecule has 0 atom stereocenters. The van der Waals surface area contributed by atoms with Crippen LogP contribution in [0, 0.1) is 0 Å². The molecule has 3 aromatic carbocycles. The summed E-state index contributed by atoms with van der Waals surface area (Å²) in [5.74, 6) is 1.12. The summed E-state index contributed by atoms with van der Waals surface area (Å²) in [5.41, 5.74) is 1.11. The molecule has 35 heavy (non-hydrogen) atoms. The molecule has 0 saturated heterocycles. The summed E-state index contributed by atoms with van der Waals surface area (Å²) in [6, 6.07) is 17.8. The van der Waals surface area contributed by atoms with Gasteiger partial charge in [0.15, 0.2) is 0 Å². The third-order valence-electron chi connectivity index (χ3n) is 5.77. The number of carbonyl (C=O) groups is 1. The Kier molecular flexibility index (Phi) is 7.45. The van der Waals surface area contributed by atoms with Gasteiger partial charge in [0.05, 0.1) is 20.3 Å². The Morgan fingerprint density at radius 2 is 1.46 bits per heavy atom. The number of benzene rings is 3. The van der Waals surface area contributed by atoms with E-state index in [9.17, 15) is 13.2 Å². The molecule has 0 heterocycles. The lowest BCUT2D eigenvalue weighted by atomic mass is 10.2. The maximum Gasteiger partial charge on any atom is 0.265 e. The predicted molar refractivity (Wildman–Crippen MR) is 134 cm³/mol. The number of amides is 1. The molecule has 1 fully saturated rings. The first-order valence-electron chi connectivity index (χ1n) is 11.3. The molecule has 2 N–H and O–H groups in total. The maximum atomic E-state index is 13.1. The SMILES string of the molecule is COc1ccc(NS(=O)(=O)c2cc(NC(=O)c3ccc(OC4CCCC4)cc3)ccc2OC)cc1. The standard InChI is InChI=1S/C26H28N2O6S/c1-32-21-14-9-19(10-15-21)28-35(30,31)25-17-20(11-16-24(25)33-2)27-26(29)18-7-12-23(13-8-18)34-22-5-3-4-6-22/h7-17,22,28H,3-6H2,1-2H3,(H,27,29). The van der Waals surface area contributed by atoms with Crippen molar-refractivity contribution in [3.05, 3.63) is 72.3 Å². The Balaban J connectivity index is 1.48. The molecule has 0 radical (unpaired) electrons. The largest absolute Gasteiger partial charge is 0.497 e. The lowest BCUT2D eigenvalue weighted by Crippen LogP contribution is -2.16. The molecule has 3 aromatic rings. The fraction of sp³-hybridized carbons (Fsp3) is 0.269. The number of carbonyl (C=O) groups excluding carboxylic acids is 1. The van der Waals surface area contributed by atoms with Crippen molar-refractivity contribution < 1.29 is 27.4 Å². The Labute approximate surface area is 205 Å². The fourth-order valence-electron chi connectivity index (χ4n) is 3.92. The molecule has 4 rings (SSSR count). The van der Waals surface area contributed by atoms with Crippen molar-refractivity contribution in [1.29, 1.82) is 0 Å². The molecule has 0 aliphatic heterocycles. The third kappa shape index (κ3) is 6.05. The number of hydrogen-bond acceptors (Lipinski definition) is 6. The van der Waals surface area contributed by atoms with Crippen molar-refractivity contribution in [2.75, 3.05) is 24.3 Å². The van der Waals surface area contributed by atoms with Gasteiger partial charge in [-0.2, -0.15) is 0 Å². The molecule has 1 saturated carbocycles. The van der Waals surface area contributed by atoms with Crippen molar-refractivity contribution in [1.82, 2.24) is 0 Å². The normalized spacial score (nSPS) is 13.8. The summed E-state index contributed by atoms with van der Waals surface area (Å²) in [5, 5.41) is 2.75. The van der Waals surface area contributed by atoms with Crippen LogP contribution in [0.3, 0.4) is 0 Å². The van der Waals surface area contributed by atoms with Crippen LogP contribution in [0.4, 0.5) is 11.4 Å². The zero-order chi connectivity index (χ0) is 24.8. The van der Waals surface area contributed by atoms with Crippen molar-refractivity contribution in [2.45, 2.75) is 36.7 Å². The Morgan fingerprint density at radius 1 is 0.829 bits per heavy atom. The first kappa shape index (κ1) is 24.4. The van der Waals surface area contributed by atoms with Gasteiger partial charge in [-0.05, 0) is 92.4 Å². The number of sulfonamides is 1. The monoisotopic (exact) mass is 496 g/mol. The highest BCUT2D eigenvalue weighted by atomic mass is 32.2. The predicted octanol–water partition coefficient (Wildman–Crippen LogP) is 5.08. The molecule has 1 aliphatic rings. The van der Waals surface area contributed by atoms with E-state index in [4.69, 9.17) is 14.2 Å². The second-order valence-electron chi connectivity index (χ2n) is 8.20. The first-order valence-corrected chi connectivity index (χ1v) is 12.8. The van der Waals surface area contributed by atoms with Crippen LogP contribution < -0.4 is 24.2 Å². The summed E-state index contributed by atoms with van der Waals surface area (Å²) in [4.78, 5) is 12.7. The Morgan fingerprint density at radius 3 is 2.09 bits per heavy atom. The van der Waals surface area contributed by atoms with Crippen molar-refractivity contribution in [3.8, 4) is 17.2 Å². The number of hydrogen-bond donors (Lipinski definition) is 2. The van der Waals surface area contributed by atoms with Crippen LogP contribution in [0.5, 0.6) is 17.2 Å². The van der Waals surface area contributed by atoms with E-state index in [-0.39, 0.29) is 22.7 Å². The molecule has 9 heteroatoms. The van der Waals surface area contributed by atoms with E-state index in [2.05, 4.69) is 10.0 Å². The highest BCUT2D eigenvalue weighted by Crippen LogP contribution is 2.30. The molecule has 0 aromatic heterocycles. The second kappa shape index (κ2) is 10.7. The minimum Gasteiger partial charge on any atom is -0.497 e. The molecule has 184 valence electrons. The zero-order valence-corrected chi connectivity index (χ0v) is 20.4. The van der Waals surface area contributed by atoms with Gasteiger partial charge in [0, 0.05) is 16.9 Å². The highest BCUT2D eigenvalue weighted by Gasteiger charge is 2.21. The van der Waals surface area contributed by atoms with E-state index < -0.39 is 10.0 Å². The van der Waals surface area contributed by atoms with E-state index in [0.29, 0.717) is 22.7 Å². The molecule has 8 nitrogen and oxygen atoms in total. The number of nitrogens with one attached hydrogen (secondary N) is 2. The molecule has 0 spiro atoms. The van der Waals surface area contributed by atoms with E-state index in [1.807, 2.05) is 0 Å². The average molecular weight is 497 g/mol. The number of anilines is 2. The van der Waals surface area contributed by atoms with Gasteiger partial charge in [0.1, 0.15) is 22.1 Å². The number of ether oxygens (including phenoxy) is 3. The second-order valence-corrected chi connectivity index (χ2v) is 9.85. The van der Waals surface area contributed by atoms with Gasteiger partial charge in [-0.25, -0.2) is 8.42 Å². The van der Waals surface area contributed by atoms with Crippen LogP contribution in [0.1, 0.15) is 36.0 Å². The Hall–Kier alpha value is -3.72. The average Bonchev–Trinajstić information content (AvgIpc) is 3.38. The van der Waals surface area contributed by atoms with Crippen LogP contribution in [-0.4, -0.2) is 34.6 Å². The Bertz CT molecular complexity index is 1270. The summed E-state index contributed by atoms with van der Waals surface area (Å²) < 4.78 is 45.0. The summed E-state index contributed by atoms with van der Waals surface area (Å²) in [6.07, 6.45) is 4.71. The van der Waals surface area contributed by atoms with Crippen LogP contribution >= 0.6 is 0 Å². The van der Waals surface area contributed by atoms with Crippen LogP contribution in [0.25, 0.3) is 0 Å². The van der Waals surface area contributed by atoms with Crippen LogP contribution in [0.15, 0.2) is 71.6 Å². The lowest BCUT2D eigenvalue weighted by Gasteiger charge is -2.14. The lowest BCUT2D eigenvalue weighted by molar-refractivity contribution is 0.102. The van der Waals surface area contributed by atoms with Gasteiger partial charge in [0.2, 0.25) is 0 Å². The van der Waals surface area contributed by atoms with Gasteiger partial charge >= 0.3 is 0 Å². The minimum absolute atomic E-state index is 0.103. The quantitative estimate of drug-likeness (QED) is 0.428. The number of rotatable bonds is 9. The summed E-state index contributed by atoms with van der Waals surface area (Å²) in [6.45, 7) is 0. The summed E-state index contributed by atoms with van der Waals surface area (Å²) in [7, 11) is -1.09. The molecule has 1 amide bonds. The maximum absolute atomic E-state index is 13.1. The first-order chi connectivity index (χ1) is 16.9. The molecular formula is C26H28N2O6S. The molecule has 0 bridgehead atoms. The van der Waals surface area contributed by atoms with Gasteiger partial charge in [0.25, 0.3) is 15.9 Å². The zero-order valence-electron chi connectivity index (χ0n) is 19.6. The molecular weight excluding hydrogens is 468 g/mol. The van der Waals surface area contributed by atoms with Crippen molar-refractivity contribution >= 4 is 27.3 Å². The molecule has 1 aliphatic carbocycles. The summed E-state index contributed by atoms with van der Waals surface area (Å²) >= 11 is 0. The van der Waals surface area contributed by atoms with Gasteiger partial charge < -0.3 is 19.5 Å². The van der Waals surface area contributed by atoms with E-state index in [0.717, 1.165) is 18.6 Å². The van der Waals surface area contributed by atoms with E-state index in [1.54, 1.807) is 54.6 Å². The van der Waals surface area contributed by atoms with E-state index in [1.165, 1.54) is 39.2 Å². The van der Waals surface area contributed by atoms with Crippen LogP contribution in [-0.2, 0) is 10.0 Å². The highest BCUT2D eigenvalue weighted by molar-refractivity contribution is 7.92. The fourth-order valence-corrected chi connectivity index (χ4v) is 5.18. The van der Waals surface area contributed by atoms with Crippen molar-refractivity contribution in [3.63, 3.8) is 0 Å². The number of methoxy groups -OCH3 is 2. The minimum atomic E-state index is -4.00. The van der Waals surface area contributed by atoms with Gasteiger partial charge in [-0.3, -0.25) is 9.52 Å². The van der Waals surface area contributed by atoms with Crippen LogP contribution in [0.2, 0.25) is 0 Å². The topological polar surface area (TPSA) is 103 Å². The van der Waals surface area contributed by atoms with E-state index >= 15 is 0 Å². The third-order valence-corrected chi connectivity index (χ3v) is 7.18. The molecule has 0 unspecified atom stereocenters. The van der Waals surface area contributed by atoms with Crippen molar-refractivity contribution in [2.24, 2.45) is 0 Å². The smallest absolute Gasteiger partial charge is 0.265 e.